The third kappa shape index (κ3) is 3.26. The number of aromatic nitrogens is 1. The maximum atomic E-state index is 11.3. The second kappa shape index (κ2) is 4.65. The van der Waals surface area contributed by atoms with Crippen LogP contribution in [0.25, 0.3) is 0 Å². The summed E-state index contributed by atoms with van der Waals surface area (Å²) in [6, 6.07) is 1.03. The Morgan fingerprint density at radius 3 is 2.75 bits per heavy atom. The molecule has 0 saturated carbocycles. The van der Waals surface area contributed by atoms with Crippen LogP contribution in [0.5, 0.6) is 0 Å². The summed E-state index contributed by atoms with van der Waals surface area (Å²) in [5.74, 6) is -1.11. The van der Waals surface area contributed by atoms with Crippen molar-refractivity contribution in [1.29, 1.82) is 0 Å². The highest BCUT2D eigenvalue weighted by Gasteiger charge is 2.28. The van der Waals surface area contributed by atoms with Gasteiger partial charge in [-0.1, -0.05) is 5.16 Å². The smallest absolute Gasteiger partial charge is 0.328 e. The summed E-state index contributed by atoms with van der Waals surface area (Å²) in [6.45, 7) is 2.97. The highest BCUT2D eigenvalue weighted by molar-refractivity contribution is 5.85. The maximum absolute atomic E-state index is 11.3. The first-order chi connectivity index (χ1) is 7.42. The number of amides is 2. The Morgan fingerprint density at radius 1 is 1.56 bits per heavy atom. The summed E-state index contributed by atoms with van der Waals surface area (Å²) < 4.78 is 4.57. The van der Waals surface area contributed by atoms with E-state index in [0.29, 0.717) is 5.69 Å². The summed E-state index contributed by atoms with van der Waals surface area (Å²) in [7, 11) is 0. The fraction of sp³-hybridized carbons (Fsp3) is 0.444. The van der Waals surface area contributed by atoms with Crippen LogP contribution in [0.4, 0.5) is 4.79 Å². The van der Waals surface area contributed by atoms with E-state index in [2.05, 4.69) is 20.3 Å². The molecule has 0 aromatic carbocycles. The molecular formula is C9H13N3O4. The van der Waals surface area contributed by atoms with E-state index >= 15 is 0 Å². The minimum Gasteiger partial charge on any atom is -0.480 e. The van der Waals surface area contributed by atoms with Gasteiger partial charge in [0.1, 0.15) is 17.5 Å². The van der Waals surface area contributed by atoms with E-state index in [1.165, 1.54) is 20.1 Å². The average Bonchev–Trinajstić information content (AvgIpc) is 2.66. The SMILES string of the molecule is CC(C)(NC(=O)NCc1ccon1)C(=O)O. The van der Waals surface area contributed by atoms with Crippen LogP contribution in [0, 0.1) is 0 Å². The van der Waals surface area contributed by atoms with E-state index in [9.17, 15) is 9.59 Å². The molecule has 0 radical (unpaired) electrons. The minimum atomic E-state index is -1.31. The molecule has 1 heterocycles. The van der Waals surface area contributed by atoms with Gasteiger partial charge in [0.15, 0.2) is 0 Å². The van der Waals surface area contributed by atoms with E-state index in [1.54, 1.807) is 6.07 Å². The van der Waals surface area contributed by atoms with Crippen molar-refractivity contribution in [2.24, 2.45) is 0 Å². The molecule has 0 spiro atoms. The van der Waals surface area contributed by atoms with Gasteiger partial charge in [-0.05, 0) is 13.8 Å². The minimum absolute atomic E-state index is 0.179. The summed E-state index contributed by atoms with van der Waals surface area (Å²) in [4.78, 5) is 22.0. The standard InChI is InChI=1S/C9H13N3O4/c1-9(2,7(13)14)11-8(15)10-5-6-3-4-16-12-6/h3-4H,5H2,1-2H3,(H,13,14)(H2,10,11,15). The molecule has 16 heavy (non-hydrogen) atoms. The van der Waals surface area contributed by atoms with E-state index in [-0.39, 0.29) is 6.54 Å². The van der Waals surface area contributed by atoms with Crippen LogP contribution in [-0.4, -0.2) is 27.8 Å². The lowest BCUT2D eigenvalue weighted by Gasteiger charge is -2.20. The number of carbonyl (C=O) groups excluding carboxylic acids is 1. The summed E-state index contributed by atoms with van der Waals surface area (Å²) >= 11 is 0. The van der Waals surface area contributed by atoms with Crippen LogP contribution in [-0.2, 0) is 11.3 Å². The normalized spacial score (nSPS) is 10.9. The topological polar surface area (TPSA) is 104 Å². The molecule has 7 heteroatoms. The maximum Gasteiger partial charge on any atom is 0.328 e. The van der Waals surface area contributed by atoms with Crippen LogP contribution in [0.2, 0.25) is 0 Å². The molecule has 0 aliphatic carbocycles. The van der Waals surface area contributed by atoms with Gasteiger partial charge >= 0.3 is 12.0 Å². The van der Waals surface area contributed by atoms with E-state index < -0.39 is 17.5 Å². The molecule has 88 valence electrons. The van der Waals surface area contributed by atoms with E-state index in [1.807, 2.05) is 0 Å². The fourth-order valence-corrected chi connectivity index (χ4v) is 0.881. The zero-order valence-corrected chi connectivity index (χ0v) is 8.98. The lowest BCUT2D eigenvalue weighted by molar-refractivity contribution is -0.142. The number of carbonyl (C=O) groups is 2. The number of aliphatic carboxylic acids is 1. The fourth-order valence-electron chi connectivity index (χ4n) is 0.881. The van der Waals surface area contributed by atoms with Crippen LogP contribution in [0.3, 0.4) is 0 Å². The van der Waals surface area contributed by atoms with Crippen molar-refractivity contribution in [3.05, 3.63) is 18.0 Å². The Bertz CT molecular complexity index is 372. The highest BCUT2D eigenvalue weighted by Crippen LogP contribution is 2.01. The Balaban J connectivity index is 2.39. The van der Waals surface area contributed by atoms with Gasteiger partial charge in [-0.15, -0.1) is 0 Å². The molecule has 1 rings (SSSR count). The molecule has 3 N–H and O–H groups in total. The Kier molecular flexibility index (Phi) is 3.49. The third-order valence-electron chi connectivity index (χ3n) is 1.88. The van der Waals surface area contributed by atoms with Crippen molar-refractivity contribution in [2.75, 3.05) is 0 Å². The Morgan fingerprint density at radius 2 is 2.25 bits per heavy atom. The first-order valence-electron chi connectivity index (χ1n) is 4.60. The molecule has 0 bridgehead atoms. The van der Waals surface area contributed by atoms with Crippen LogP contribution in [0.15, 0.2) is 16.9 Å². The zero-order valence-electron chi connectivity index (χ0n) is 8.98. The quantitative estimate of drug-likeness (QED) is 0.687. The average molecular weight is 227 g/mol. The zero-order chi connectivity index (χ0) is 12.2. The number of urea groups is 1. The number of nitrogens with one attached hydrogen (secondary N) is 2. The van der Waals surface area contributed by atoms with Gasteiger partial charge in [0.2, 0.25) is 0 Å². The van der Waals surface area contributed by atoms with Gasteiger partial charge in [0, 0.05) is 6.07 Å². The number of nitrogens with zero attached hydrogens (tertiary/aromatic N) is 1. The van der Waals surface area contributed by atoms with Gasteiger partial charge in [-0.3, -0.25) is 0 Å². The highest BCUT2D eigenvalue weighted by atomic mass is 16.5. The number of carboxylic acids is 1. The largest absolute Gasteiger partial charge is 0.480 e. The predicted molar refractivity (Wildman–Crippen MR) is 53.6 cm³/mol. The molecule has 1 aromatic heterocycles. The van der Waals surface area contributed by atoms with Crippen molar-refractivity contribution < 1.29 is 19.2 Å². The second-order valence-corrected chi connectivity index (χ2v) is 3.73. The predicted octanol–water partition coefficient (Wildman–Crippen LogP) is 0.337. The third-order valence-corrected chi connectivity index (χ3v) is 1.88. The summed E-state index contributed by atoms with van der Waals surface area (Å²) in [5.41, 5.74) is -0.753. The molecule has 0 saturated heterocycles. The molecule has 0 aliphatic heterocycles. The molecule has 0 fully saturated rings. The first kappa shape index (κ1) is 12.0. The Labute approximate surface area is 91.8 Å². The molecule has 0 aliphatic rings. The summed E-state index contributed by atoms with van der Waals surface area (Å²) in [6.07, 6.45) is 1.39. The molecule has 1 aromatic rings. The molecule has 0 unspecified atom stereocenters. The van der Waals surface area contributed by atoms with Gasteiger partial charge in [-0.2, -0.15) is 0 Å². The van der Waals surface area contributed by atoms with Crippen molar-refractivity contribution in [3.8, 4) is 0 Å². The van der Waals surface area contributed by atoms with Crippen molar-refractivity contribution >= 4 is 12.0 Å². The van der Waals surface area contributed by atoms with Crippen molar-refractivity contribution in [1.82, 2.24) is 15.8 Å². The number of hydrogen-bond acceptors (Lipinski definition) is 4. The second-order valence-electron chi connectivity index (χ2n) is 3.73. The number of rotatable bonds is 4. The number of hydrogen-bond donors (Lipinski definition) is 3. The molecule has 0 atom stereocenters. The summed E-state index contributed by atoms with van der Waals surface area (Å²) in [5, 5.41) is 17.1. The van der Waals surface area contributed by atoms with E-state index in [4.69, 9.17) is 5.11 Å². The lowest BCUT2D eigenvalue weighted by atomic mass is 10.1. The number of carboxylic acid groups (broad SMARTS) is 1. The van der Waals surface area contributed by atoms with E-state index in [0.717, 1.165) is 0 Å². The lowest BCUT2D eigenvalue weighted by Crippen LogP contribution is -2.53. The van der Waals surface area contributed by atoms with Gasteiger partial charge in [-0.25, -0.2) is 9.59 Å². The molecule has 2 amide bonds. The van der Waals surface area contributed by atoms with Crippen LogP contribution >= 0.6 is 0 Å². The monoisotopic (exact) mass is 227 g/mol. The van der Waals surface area contributed by atoms with Gasteiger partial charge in [0.25, 0.3) is 0 Å². The Hall–Kier alpha value is -2.05. The molecular weight excluding hydrogens is 214 g/mol. The van der Waals surface area contributed by atoms with Crippen molar-refractivity contribution in [2.45, 2.75) is 25.9 Å². The van der Waals surface area contributed by atoms with Gasteiger partial charge in [0.05, 0.1) is 6.54 Å². The van der Waals surface area contributed by atoms with Crippen molar-refractivity contribution in [3.63, 3.8) is 0 Å². The van der Waals surface area contributed by atoms with Crippen LogP contribution in [0.1, 0.15) is 19.5 Å². The van der Waals surface area contributed by atoms with Crippen LogP contribution < -0.4 is 10.6 Å². The molecule has 7 nitrogen and oxygen atoms in total. The van der Waals surface area contributed by atoms with Gasteiger partial charge < -0.3 is 20.3 Å². The first-order valence-corrected chi connectivity index (χ1v) is 4.60.